The molecule has 0 bridgehead atoms. The zero-order chi connectivity index (χ0) is 15.0. The number of nitrogens with zero attached hydrogens (tertiary/aromatic N) is 2. The molecule has 3 nitrogen and oxygen atoms in total. The summed E-state index contributed by atoms with van der Waals surface area (Å²) in [6.45, 7) is 0.146. The van der Waals surface area contributed by atoms with E-state index < -0.39 is 0 Å². The SMILES string of the molecule is O=c1c2cc(Br)ccc2ncn1Cc1ccc(Br)cc1F. The van der Waals surface area contributed by atoms with Crippen molar-refractivity contribution in [2.45, 2.75) is 6.54 Å². The molecule has 0 aliphatic carbocycles. The molecule has 1 aromatic heterocycles. The fourth-order valence-electron chi connectivity index (χ4n) is 2.08. The molecule has 0 N–H and O–H groups in total. The van der Waals surface area contributed by atoms with Gasteiger partial charge in [0.05, 0.1) is 23.8 Å². The van der Waals surface area contributed by atoms with Crippen molar-refractivity contribution in [1.29, 1.82) is 0 Å². The van der Waals surface area contributed by atoms with Crippen molar-refractivity contribution in [2.75, 3.05) is 0 Å². The summed E-state index contributed by atoms with van der Waals surface area (Å²) in [6.07, 6.45) is 1.44. The van der Waals surface area contributed by atoms with E-state index in [0.29, 0.717) is 20.9 Å². The largest absolute Gasteiger partial charge is 0.294 e. The van der Waals surface area contributed by atoms with Gasteiger partial charge in [-0.25, -0.2) is 9.37 Å². The van der Waals surface area contributed by atoms with E-state index >= 15 is 0 Å². The van der Waals surface area contributed by atoms with Gasteiger partial charge < -0.3 is 0 Å². The van der Waals surface area contributed by atoms with E-state index in [9.17, 15) is 9.18 Å². The summed E-state index contributed by atoms with van der Waals surface area (Å²) in [5.41, 5.74) is 0.871. The Kier molecular flexibility index (Phi) is 3.91. The van der Waals surface area contributed by atoms with Gasteiger partial charge in [-0.15, -0.1) is 0 Å². The zero-order valence-electron chi connectivity index (χ0n) is 10.7. The maximum Gasteiger partial charge on any atom is 0.261 e. The first-order valence-electron chi connectivity index (χ1n) is 6.13. The number of benzene rings is 2. The molecule has 3 rings (SSSR count). The monoisotopic (exact) mass is 410 g/mol. The first-order chi connectivity index (χ1) is 10.0. The van der Waals surface area contributed by atoms with E-state index in [2.05, 4.69) is 36.8 Å². The number of hydrogen-bond acceptors (Lipinski definition) is 2. The van der Waals surface area contributed by atoms with Gasteiger partial charge in [0.25, 0.3) is 5.56 Å². The van der Waals surface area contributed by atoms with Crippen LogP contribution in [0, 0.1) is 5.82 Å². The Morgan fingerprint density at radius 3 is 2.57 bits per heavy atom. The van der Waals surface area contributed by atoms with Crippen molar-refractivity contribution in [2.24, 2.45) is 0 Å². The first-order valence-corrected chi connectivity index (χ1v) is 7.72. The molecule has 0 aliphatic heterocycles. The summed E-state index contributed by atoms with van der Waals surface area (Å²) in [5.74, 6) is -0.356. The lowest BCUT2D eigenvalue weighted by Crippen LogP contribution is -2.21. The molecule has 0 spiro atoms. The molecule has 0 saturated heterocycles. The minimum atomic E-state index is -0.356. The summed E-state index contributed by atoms with van der Waals surface area (Å²) < 4.78 is 16.7. The van der Waals surface area contributed by atoms with Crippen LogP contribution >= 0.6 is 31.9 Å². The Labute approximate surface area is 136 Å². The van der Waals surface area contributed by atoms with Gasteiger partial charge in [-0.1, -0.05) is 37.9 Å². The summed E-state index contributed by atoms with van der Waals surface area (Å²) >= 11 is 6.55. The van der Waals surface area contributed by atoms with Crippen molar-refractivity contribution in [3.63, 3.8) is 0 Å². The van der Waals surface area contributed by atoms with Crippen LogP contribution in [-0.4, -0.2) is 9.55 Å². The molecule has 6 heteroatoms. The van der Waals surface area contributed by atoms with E-state index in [4.69, 9.17) is 0 Å². The number of hydrogen-bond donors (Lipinski definition) is 0. The van der Waals surface area contributed by atoms with Gasteiger partial charge >= 0.3 is 0 Å². The Balaban J connectivity index is 2.09. The molecular weight excluding hydrogens is 403 g/mol. The molecule has 1 heterocycles. The van der Waals surface area contributed by atoms with Gasteiger partial charge in [-0.05, 0) is 30.3 Å². The lowest BCUT2D eigenvalue weighted by Gasteiger charge is -2.08. The molecule has 0 amide bonds. The smallest absolute Gasteiger partial charge is 0.261 e. The van der Waals surface area contributed by atoms with Crippen LogP contribution in [0.25, 0.3) is 10.9 Å². The average Bonchev–Trinajstić information content (AvgIpc) is 2.45. The van der Waals surface area contributed by atoms with Crippen LogP contribution in [0.5, 0.6) is 0 Å². The quantitative estimate of drug-likeness (QED) is 0.636. The number of fused-ring (bicyclic) bond motifs is 1. The third kappa shape index (κ3) is 2.91. The van der Waals surface area contributed by atoms with Crippen molar-refractivity contribution in [3.05, 3.63) is 73.4 Å². The molecule has 0 radical (unpaired) electrons. The maximum atomic E-state index is 13.9. The van der Waals surface area contributed by atoms with E-state index in [1.165, 1.54) is 17.0 Å². The van der Waals surface area contributed by atoms with E-state index in [-0.39, 0.29) is 17.9 Å². The zero-order valence-corrected chi connectivity index (χ0v) is 13.9. The highest BCUT2D eigenvalue weighted by atomic mass is 79.9. The molecule has 0 atom stereocenters. The lowest BCUT2D eigenvalue weighted by molar-refractivity contribution is 0.594. The van der Waals surface area contributed by atoms with Crippen LogP contribution in [0.2, 0.25) is 0 Å². The Hall–Kier alpha value is -1.53. The van der Waals surface area contributed by atoms with Crippen LogP contribution in [0.15, 0.2) is 56.5 Å². The Bertz CT molecular complexity index is 892. The highest BCUT2D eigenvalue weighted by Gasteiger charge is 2.08. The van der Waals surface area contributed by atoms with Crippen LogP contribution in [0.1, 0.15) is 5.56 Å². The average molecular weight is 412 g/mol. The van der Waals surface area contributed by atoms with E-state index in [1.54, 1.807) is 24.3 Å². The van der Waals surface area contributed by atoms with Gasteiger partial charge in [0.15, 0.2) is 0 Å². The second-order valence-corrected chi connectivity index (χ2v) is 6.41. The second kappa shape index (κ2) is 5.69. The van der Waals surface area contributed by atoms with Gasteiger partial charge in [-0.3, -0.25) is 9.36 Å². The van der Waals surface area contributed by atoms with E-state index in [1.807, 2.05) is 6.07 Å². The minimum Gasteiger partial charge on any atom is -0.294 e. The molecule has 0 unspecified atom stereocenters. The van der Waals surface area contributed by atoms with Crippen molar-refractivity contribution in [1.82, 2.24) is 9.55 Å². The summed E-state index contributed by atoms with van der Waals surface area (Å²) in [5, 5.41) is 0.504. The number of rotatable bonds is 2. The molecule has 3 aromatic rings. The topological polar surface area (TPSA) is 34.9 Å². The normalized spacial score (nSPS) is 11.0. The third-order valence-corrected chi connectivity index (χ3v) is 4.13. The predicted octanol–water partition coefficient (Wildman–Crippen LogP) is 4.11. The first kappa shape index (κ1) is 14.4. The Morgan fingerprint density at radius 1 is 1.10 bits per heavy atom. The lowest BCUT2D eigenvalue weighted by atomic mass is 10.2. The molecule has 0 saturated carbocycles. The van der Waals surface area contributed by atoms with E-state index in [0.717, 1.165) is 4.47 Å². The molecule has 106 valence electrons. The fraction of sp³-hybridized carbons (Fsp3) is 0.0667. The van der Waals surface area contributed by atoms with Gasteiger partial charge in [0.1, 0.15) is 5.82 Å². The van der Waals surface area contributed by atoms with Gasteiger partial charge in [0.2, 0.25) is 0 Å². The molecule has 0 aliphatic rings. The molecule has 21 heavy (non-hydrogen) atoms. The number of halogens is 3. The van der Waals surface area contributed by atoms with Crippen molar-refractivity contribution < 1.29 is 4.39 Å². The summed E-state index contributed by atoms with van der Waals surface area (Å²) in [7, 11) is 0. The summed E-state index contributed by atoms with van der Waals surface area (Å²) in [4.78, 5) is 16.7. The predicted molar refractivity (Wildman–Crippen MR) is 86.9 cm³/mol. The molecule has 0 fully saturated rings. The van der Waals surface area contributed by atoms with Crippen LogP contribution in [0.4, 0.5) is 4.39 Å². The Morgan fingerprint density at radius 2 is 1.81 bits per heavy atom. The summed E-state index contributed by atoms with van der Waals surface area (Å²) in [6, 6.07) is 10.1. The van der Waals surface area contributed by atoms with Gasteiger partial charge in [-0.2, -0.15) is 0 Å². The van der Waals surface area contributed by atoms with Crippen LogP contribution < -0.4 is 5.56 Å². The minimum absolute atomic E-state index is 0.146. The third-order valence-electron chi connectivity index (χ3n) is 3.14. The van der Waals surface area contributed by atoms with Crippen LogP contribution in [-0.2, 0) is 6.54 Å². The van der Waals surface area contributed by atoms with Crippen LogP contribution in [0.3, 0.4) is 0 Å². The second-order valence-electron chi connectivity index (χ2n) is 4.57. The maximum absolute atomic E-state index is 13.9. The molecular formula is C15H9Br2FN2O. The van der Waals surface area contributed by atoms with Crippen molar-refractivity contribution in [3.8, 4) is 0 Å². The standard InChI is InChI=1S/C15H9Br2FN2O/c16-10-3-4-14-12(5-10)15(21)20(8-19-14)7-9-1-2-11(17)6-13(9)18/h1-6,8H,7H2. The van der Waals surface area contributed by atoms with Gasteiger partial charge in [0, 0.05) is 14.5 Å². The highest BCUT2D eigenvalue weighted by Crippen LogP contribution is 2.17. The number of aromatic nitrogens is 2. The van der Waals surface area contributed by atoms with Crippen molar-refractivity contribution >= 4 is 42.8 Å². The molecule has 2 aromatic carbocycles. The fourth-order valence-corrected chi connectivity index (χ4v) is 2.77. The highest BCUT2D eigenvalue weighted by molar-refractivity contribution is 9.10.